The van der Waals surface area contributed by atoms with Gasteiger partial charge < -0.3 is 10.1 Å². The zero-order chi connectivity index (χ0) is 10.2. The average Bonchev–Trinajstić information content (AvgIpc) is 2.25. The summed E-state index contributed by atoms with van der Waals surface area (Å²) in [6, 6.07) is 7.94. The lowest BCUT2D eigenvalue weighted by Crippen LogP contribution is -2.11. The molecule has 0 aromatic heterocycles. The summed E-state index contributed by atoms with van der Waals surface area (Å²) >= 11 is 0. The topological polar surface area (TPSA) is 21.3 Å². The van der Waals surface area contributed by atoms with E-state index in [9.17, 15) is 0 Å². The minimum atomic E-state index is 0.758. The van der Waals surface area contributed by atoms with Gasteiger partial charge in [-0.2, -0.15) is 0 Å². The Labute approximate surface area is 85.6 Å². The fraction of sp³-hybridized carbons (Fsp3) is 0.333. The molecule has 0 amide bonds. The van der Waals surface area contributed by atoms with Crippen molar-refractivity contribution in [2.24, 2.45) is 0 Å². The van der Waals surface area contributed by atoms with Crippen molar-refractivity contribution in [2.45, 2.75) is 6.42 Å². The molecule has 0 saturated carbocycles. The van der Waals surface area contributed by atoms with Crippen LogP contribution in [-0.2, 0) is 0 Å². The van der Waals surface area contributed by atoms with E-state index in [4.69, 9.17) is 4.74 Å². The minimum Gasteiger partial charge on any atom is -0.494 e. The first-order valence-corrected chi connectivity index (χ1v) is 4.86. The van der Waals surface area contributed by atoms with Crippen molar-refractivity contribution >= 4 is 6.08 Å². The molecule has 0 aliphatic heterocycles. The predicted octanol–water partition coefficient (Wildman–Crippen LogP) is 2.32. The van der Waals surface area contributed by atoms with Crippen LogP contribution in [0.15, 0.2) is 30.8 Å². The van der Waals surface area contributed by atoms with E-state index in [2.05, 4.69) is 11.9 Å². The Hall–Kier alpha value is -1.28. The normalized spacial score (nSPS) is 9.79. The minimum absolute atomic E-state index is 0.758. The van der Waals surface area contributed by atoms with Crippen molar-refractivity contribution in [3.8, 4) is 5.75 Å². The van der Waals surface area contributed by atoms with Gasteiger partial charge in [0.15, 0.2) is 0 Å². The molecule has 0 fully saturated rings. The second-order valence-electron chi connectivity index (χ2n) is 3.08. The van der Waals surface area contributed by atoms with Gasteiger partial charge in [-0.15, -0.1) is 0 Å². The maximum atomic E-state index is 5.53. The van der Waals surface area contributed by atoms with Crippen LogP contribution in [0.4, 0.5) is 0 Å². The summed E-state index contributed by atoms with van der Waals surface area (Å²) in [6.45, 7) is 5.45. The Balaban J connectivity index is 2.32. The smallest absolute Gasteiger partial charge is 0.119 e. The van der Waals surface area contributed by atoms with E-state index in [1.165, 1.54) is 0 Å². The first-order valence-electron chi connectivity index (χ1n) is 4.86. The van der Waals surface area contributed by atoms with Crippen molar-refractivity contribution in [3.05, 3.63) is 36.4 Å². The highest BCUT2D eigenvalue weighted by molar-refractivity contribution is 5.48. The first kappa shape index (κ1) is 10.8. The second kappa shape index (κ2) is 6.22. The van der Waals surface area contributed by atoms with E-state index in [1.807, 2.05) is 37.4 Å². The van der Waals surface area contributed by atoms with E-state index in [0.29, 0.717) is 0 Å². The van der Waals surface area contributed by atoms with Crippen LogP contribution in [0.5, 0.6) is 5.75 Å². The Kier molecular flexibility index (Phi) is 4.79. The zero-order valence-electron chi connectivity index (χ0n) is 8.62. The molecule has 2 nitrogen and oxygen atoms in total. The molecule has 0 atom stereocenters. The Bertz CT molecular complexity index is 266. The lowest BCUT2D eigenvalue weighted by molar-refractivity contribution is 0.310. The Morgan fingerprint density at radius 3 is 2.64 bits per heavy atom. The number of hydrogen-bond acceptors (Lipinski definition) is 2. The monoisotopic (exact) mass is 191 g/mol. The van der Waals surface area contributed by atoms with Crippen molar-refractivity contribution in [1.29, 1.82) is 0 Å². The fourth-order valence-electron chi connectivity index (χ4n) is 1.14. The lowest BCUT2D eigenvalue weighted by Gasteiger charge is -2.05. The first-order chi connectivity index (χ1) is 6.86. The molecule has 0 aliphatic rings. The van der Waals surface area contributed by atoms with Gasteiger partial charge in [0.2, 0.25) is 0 Å². The van der Waals surface area contributed by atoms with Gasteiger partial charge >= 0.3 is 0 Å². The van der Waals surface area contributed by atoms with Gasteiger partial charge in [-0.1, -0.05) is 24.8 Å². The van der Waals surface area contributed by atoms with E-state index < -0.39 is 0 Å². The third kappa shape index (κ3) is 3.62. The molecule has 0 heterocycles. The summed E-state index contributed by atoms with van der Waals surface area (Å²) in [4.78, 5) is 0. The summed E-state index contributed by atoms with van der Waals surface area (Å²) in [7, 11) is 1.94. The van der Waals surface area contributed by atoms with Crippen molar-refractivity contribution in [1.82, 2.24) is 5.32 Å². The van der Waals surface area contributed by atoms with Crippen LogP contribution in [-0.4, -0.2) is 20.2 Å². The lowest BCUT2D eigenvalue weighted by atomic mass is 10.2. The molecule has 1 N–H and O–H groups in total. The van der Waals surface area contributed by atoms with E-state index in [1.54, 1.807) is 0 Å². The van der Waals surface area contributed by atoms with Gasteiger partial charge in [0.25, 0.3) is 0 Å². The van der Waals surface area contributed by atoms with Crippen LogP contribution < -0.4 is 10.1 Å². The van der Waals surface area contributed by atoms with Gasteiger partial charge in [-0.3, -0.25) is 0 Å². The van der Waals surface area contributed by atoms with Crippen LogP contribution in [0.1, 0.15) is 12.0 Å². The fourth-order valence-corrected chi connectivity index (χ4v) is 1.14. The highest BCUT2D eigenvalue weighted by Gasteiger charge is 1.92. The molecule has 0 bridgehead atoms. The third-order valence-corrected chi connectivity index (χ3v) is 1.96. The van der Waals surface area contributed by atoms with Gasteiger partial charge in [0.05, 0.1) is 6.61 Å². The average molecular weight is 191 g/mol. The molecule has 1 aromatic rings. The standard InChI is InChI=1S/C12H17NO/c1-3-11-5-7-12(8-6-11)14-10-4-9-13-2/h3,5-8,13H,1,4,9-10H2,2H3. The molecule has 76 valence electrons. The summed E-state index contributed by atoms with van der Waals surface area (Å²) in [5.74, 6) is 0.923. The zero-order valence-corrected chi connectivity index (χ0v) is 8.62. The van der Waals surface area contributed by atoms with Crippen molar-refractivity contribution in [3.63, 3.8) is 0 Å². The maximum absolute atomic E-state index is 5.53. The van der Waals surface area contributed by atoms with Crippen LogP contribution >= 0.6 is 0 Å². The highest BCUT2D eigenvalue weighted by Crippen LogP contribution is 2.12. The molecule has 0 aliphatic carbocycles. The third-order valence-electron chi connectivity index (χ3n) is 1.96. The number of nitrogens with one attached hydrogen (secondary N) is 1. The largest absolute Gasteiger partial charge is 0.494 e. The molecule has 0 spiro atoms. The molecule has 14 heavy (non-hydrogen) atoms. The molecule has 0 radical (unpaired) electrons. The van der Waals surface area contributed by atoms with Gasteiger partial charge in [0, 0.05) is 0 Å². The number of rotatable bonds is 6. The van der Waals surface area contributed by atoms with Crippen LogP contribution in [0.2, 0.25) is 0 Å². The van der Waals surface area contributed by atoms with Gasteiger partial charge in [0.1, 0.15) is 5.75 Å². The molecule has 1 rings (SSSR count). The molecule has 0 saturated heterocycles. The Morgan fingerprint density at radius 1 is 1.36 bits per heavy atom. The van der Waals surface area contributed by atoms with Crippen molar-refractivity contribution < 1.29 is 4.74 Å². The van der Waals surface area contributed by atoms with Crippen LogP contribution in [0, 0.1) is 0 Å². The quantitative estimate of drug-likeness (QED) is 0.697. The van der Waals surface area contributed by atoms with Gasteiger partial charge in [-0.25, -0.2) is 0 Å². The summed E-state index contributed by atoms with van der Waals surface area (Å²) in [5.41, 5.74) is 1.12. The molecular weight excluding hydrogens is 174 g/mol. The van der Waals surface area contributed by atoms with E-state index in [-0.39, 0.29) is 0 Å². The van der Waals surface area contributed by atoms with Crippen LogP contribution in [0.25, 0.3) is 6.08 Å². The van der Waals surface area contributed by atoms with E-state index >= 15 is 0 Å². The highest BCUT2D eigenvalue weighted by atomic mass is 16.5. The Morgan fingerprint density at radius 2 is 2.07 bits per heavy atom. The number of ether oxygens (including phenoxy) is 1. The molecule has 0 unspecified atom stereocenters. The maximum Gasteiger partial charge on any atom is 0.119 e. The molecular formula is C12H17NO. The molecule has 2 heteroatoms. The number of benzene rings is 1. The van der Waals surface area contributed by atoms with Gasteiger partial charge in [-0.05, 0) is 37.7 Å². The second-order valence-corrected chi connectivity index (χ2v) is 3.08. The summed E-state index contributed by atoms with van der Waals surface area (Å²) in [6.07, 6.45) is 2.85. The van der Waals surface area contributed by atoms with Crippen LogP contribution in [0.3, 0.4) is 0 Å². The number of hydrogen-bond donors (Lipinski definition) is 1. The van der Waals surface area contributed by atoms with Crippen molar-refractivity contribution in [2.75, 3.05) is 20.2 Å². The predicted molar refractivity (Wildman–Crippen MR) is 60.6 cm³/mol. The summed E-state index contributed by atoms with van der Waals surface area (Å²) < 4.78 is 5.53. The SMILES string of the molecule is C=Cc1ccc(OCCCNC)cc1. The van der Waals surface area contributed by atoms with E-state index in [0.717, 1.165) is 30.9 Å². The summed E-state index contributed by atoms with van der Waals surface area (Å²) in [5, 5.41) is 3.08. The molecule has 1 aromatic carbocycles.